The van der Waals surface area contributed by atoms with Crippen molar-refractivity contribution in [3.63, 3.8) is 0 Å². The van der Waals surface area contributed by atoms with Crippen molar-refractivity contribution >= 4 is 16.0 Å². The van der Waals surface area contributed by atoms with Gasteiger partial charge in [0, 0.05) is 0 Å². The molecule has 0 aromatic heterocycles. The van der Waals surface area contributed by atoms with E-state index in [4.69, 9.17) is 5.11 Å². The summed E-state index contributed by atoms with van der Waals surface area (Å²) in [7, 11) is -3.95. The molecule has 0 saturated heterocycles. The van der Waals surface area contributed by atoms with Crippen molar-refractivity contribution in [3.05, 3.63) is 29.6 Å². The molecule has 1 aromatic carbocycles. The quantitative estimate of drug-likeness (QED) is 0.854. The van der Waals surface area contributed by atoms with Gasteiger partial charge in [-0.25, -0.2) is 12.8 Å². The smallest absolute Gasteiger partial charge is 0.322 e. The first-order chi connectivity index (χ1) is 8.81. The Morgan fingerprint density at radius 1 is 1.47 bits per heavy atom. The molecule has 1 atom stereocenters. The maximum Gasteiger partial charge on any atom is 0.322 e. The zero-order valence-corrected chi connectivity index (χ0v) is 11.1. The van der Waals surface area contributed by atoms with Crippen LogP contribution in [0.1, 0.15) is 18.4 Å². The lowest BCUT2D eigenvalue weighted by Gasteiger charge is -2.15. The van der Waals surface area contributed by atoms with Gasteiger partial charge in [0.15, 0.2) is 0 Å². The van der Waals surface area contributed by atoms with Gasteiger partial charge in [0.1, 0.15) is 11.9 Å². The van der Waals surface area contributed by atoms with Crippen molar-refractivity contribution in [1.29, 1.82) is 0 Å². The summed E-state index contributed by atoms with van der Waals surface area (Å²) < 4.78 is 39.4. The summed E-state index contributed by atoms with van der Waals surface area (Å²) >= 11 is 0. The van der Waals surface area contributed by atoms with Crippen molar-refractivity contribution in [1.82, 2.24) is 4.72 Å². The Labute approximate surface area is 110 Å². The molecular formula is C12H14FNO4S. The van der Waals surface area contributed by atoms with Gasteiger partial charge in [0.05, 0.1) is 4.90 Å². The van der Waals surface area contributed by atoms with Crippen molar-refractivity contribution in [3.8, 4) is 0 Å². The monoisotopic (exact) mass is 287 g/mol. The molecule has 104 valence electrons. The number of sulfonamides is 1. The maximum atomic E-state index is 13.0. The van der Waals surface area contributed by atoms with Gasteiger partial charge in [-0.15, -0.1) is 0 Å². The summed E-state index contributed by atoms with van der Waals surface area (Å²) in [6, 6.07) is 2.16. The Balaban J connectivity index is 2.29. The van der Waals surface area contributed by atoms with Crippen LogP contribution in [0.2, 0.25) is 0 Å². The van der Waals surface area contributed by atoms with Gasteiger partial charge < -0.3 is 5.11 Å². The van der Waals surface area contributed by atoms with Crippen LogP contribution in [-0.4, -0.2) is 25.5 Å². The number of carboxylic acid groups (broad SMARTS) is 1. The number of carboxylic acids is 1. The van der Waals surface area contributed by atoms with Crippen LogP contribution in [0.25, 0.3) is 0 Å². The molecule has 1 saturated carbocycles. The van der Waals surface area contributed by atoms with E-state index < -0.39 is 27.9 Å². The molecule has 1 aromatic rings. The summed E-state index contributed by atoms with van der Waals surface area (Å²) in [4.78, 5) is 10.9. The topological polar surface area (TPSA) is 83.5 Å². The molecule has 0 aliphatic heterocycles. The normalized spacial score (nSPS) is 17.2. The van der Waals surface area contributed by atoms with E-state index in [1.807, 2.05) is 0 Å². The average molecular weight is 287 g/mol. The van der Waals surface area contributed by atoms with E-state index in [2.05, 4.69) is 4.72 Å². The standard InChI is InChI=1S/C12H14FNO4S/c1-7-6-9(13)4-5-10(7)19(17,18)14-11(12(15)16)8-2-3-8/h4-6,8,11,14H,2-3H2,1H3,(H,15,16). The number of aliphatic carboxylic acids is 1. The summed E-state index contributed by atoms with van der Waals surface area (Å²) in [5.74, 6) is -1.88. The lowest BCUT2D eigenvalue weighted by atomic mass is 10.2. The first-order valence-electron chi connectivity index (χ1n) is 5.82. The Kier molecular flexibility index (Phi) is 3.60. The maximum absolute atomic E-state index is 13.0. The molecule has 0 amide bonds. The Bertz CT molecular complexity index is 610. The minimum atomic E-state index is -3.95. The molecule has 1 unspecified atom stereocenters. The number of aryl methyl sites for hydroxylation is 1. The Morgan fingerprint density at radius 3 is 2.58 bits per heavy atom. The van der Waals surface area contributed by atoms with Crippen molar-refractivity contribution in [2.75, 3.05) is 0 Å². The molecule has 5 nitrogen and oxygen atoms in total. The molecule has 1 aliphatic carbocycles. The molecule has 1 fully saturated rings. The lowest BCUT2D eigenvalue weighted by molar-refractivity contribution is -0.139. The number of carbonyl (C=O) groups is 1. The van der Waals surface area contributed by atoms with Crippen LogP contribution in [-0.2, 0) is 14.8 Å². The molecule has 2 rings (SSSR count). The first kappa shape index (κ1) is 14.0. The SMILES string of the molecule is Cc1cc(F)ccc1S(=O)(=O)NC(C(=O)O)C1CC1. The zero-order chi connectivity index (χ0) is 14.2. The molecule has 1 aliphatic rings. The molecule has 0 spiro atoms. The van der Waals surface area contributed by atoms with Gasteiger partial charge in [-0.3, -0.25) is 4.79 Å². The number of nitrogens with one attached hydrogen (secondary N) is 1. The van der Waals surface area contributed by atoms with Gasteiger partial charge in [-0.05, 0) is 49.4 Å². The summed E-state index contributed by atoms with van der Waals surface area (Å²) in [5.41, 5.74) is 0.243. The average Bonchev–Trinajstić information content (AvgIpc) is 3.08. The Morgan fingerprint density at radius 2 is 2.11 bits per heavy atom. The lowest BCUT2D eigenvalue weighted by Crippen LogP contribution is -2.42. The fourth-order valence-electron chi connectivity index (χ4n) is 1.92. The predicted molar refractivity (Wildman–Crippen MR) is 65.6 cm³/mol. The molecular weight excluding hydrogens is 273 g/mol. The second-order valence-electron chi connectivity index (χ2n) is 4.68. The van der Waals surface area contributed by atoms with Crippen LogP contribution < -0.4 is 4.72 Å². The van der Waals surface area contributed by atoms with E-state index in [9.17, 15) is 17.6 Å². The highest BCUT2D eigenvalue weighted by atomic mass is 32.2. The highest BCUT2D eigenvalue weighted by Crippen LogP contribution is 2.33. The number of hydrogen-bond donors (Lipinski definition) is 2. The minimum absolute atomic E-state index is 0.0965. The van der Waals surface area contributed by atoms with E-state index in [0.29, 0.717) is 12.8 Å². The van der Waals surface area contributed by atoms with Crippen LogP contribution in [0.3, 0.4) is 0 Å². The second-order valence-corrected chi connectivity index (χ2v) is 6.37. The van der Waals surface area contributed by atoms with Crippen LogP contribution >= 0.6 is 0 Å². The zero-order valence-electron chi connectivity index (χ0n) is 10.3. The fraction of sp³-hybridized carbons (Fsp3) is 0.417. The number of rotatable bonds is 5. The van der Waals surface area contributed by atoms with E-state index in [0.717, 1.165) is 18.2 Å². The van der Waals surface area contributed by atoms with Gasteiger partial charge in [-0.1, -0.05) is 0 Å². The minimum Gasteiger partial charge on any atom is -0.480 e. The van der Waals surface area contributed by atoms with E-state index >= 15 is 0 Å². The molecule has 19 heavy (non-hydrogen) atoms. The van der Waals surface area contributed by atoms with Crippen LogP contribution in [0.4, 0.5) is 4.39 Å². The molecule has 0 heterocycles. The van der Waals surface area contributed by atoms with Crippen molar-refractivity contribution < 1.29 is 22.7 Å². The third-order valence-corrected chi connectivity index (χ3v) is 4.67. The fourth-order valence-corrected chi connectivity index (χ4v) is 3.41. The van der Waals surface area contributed by atoms with Crippen LogP contribution in [0, 0.1) is 18.7 Å². The van der Waals surface area contributed by atoms with Crippen LogP contribution in [0.15, 0.2) is 23.1 Å². The van der Waals surface area contributed by atoms with E-state index in [1.165, 1.54) is 6.92 Å². The molecule has 7 heteroatoms. The van der Waals surface area contributed by atoms with Crippen molar-refractivity contribution in [2.45, 2.75) is 30.7 Å². The third-order valence-electron chi connectivity index (χ3n) is 3.07. The van der Waals surface area contributed by atoms with Gasteiger partial charge in [0.2, 0.25) is 10.0 Å². The number of benzene rings is 1. The third kappa shape index (κ3) is 3.10. The van der Waals surface area contributed by atoms with Gasteiger partial charge >= 0.3 is 5.97 Å². The number of hydrogen-bond acceptors (Lipinski definition) is 3. The summed E-state index contributed by atoms with van der Waals surface area (Å²) in [6.45, 7) is 1.46. The molecule has 0 bridgehead atoms. The van der Waals surface area contributed by atoms with Crippen LogP contribution in [0.5, 0.6) is 0 Å². The molecule has 0 radical (unpaired) electrons. The highest BCUT2D eigenvalue weighted by molar-refractivity contribution is 7.89. The van der Waals surface area contributed by atoms with Gasteiger partial charge in [0.25, 0.3) is 0 Å². The second kappa shape index (κ2) is 4.90. The summed E-state index contributed by atoms with van der Waals surface area (Å²) in [6.07, 6.45) is 1.39. The predicted octanol–water partition coefficient (Wildman–Crippen LogP) is 1.28. The van der Waals surface area contributed by atoms with E-state index in [1.54, 1.807) is 0 Å². The molecule has 2 N–H and O–H groups in total. The first-order valence-corrected chi connectivity index (χ1v) is 7.31. The Hall–Kier alpha value is -1.47. The summed E-state index contributed by atoms with van der Waals surface area (Å²) in [5, 5.41) is 9.02. The van der Waals surface area contributed by atoms with Crippen molar-refractivity contribution in [2.24, 2.45) is 5.92 Å². The van der Waals surface area contributed by atoms with Gasteiger partial charge in [-0.2, -0.15) is 4.72 Å². The largest absolute Gasteiger partial charge is 0.480 e. The highest BCUT2D eigenvalue weighted by Gasteiger charge is 2.39. The number of halogens is 1. The van der Waals surface area contributed by atoms with E-state index in [-0.39, 0.29) is 16.4 Å².